The zero-order valence-corrected chi connectivity index (χ0v) is 11.3. The third-order valence-electron chi connectivity index (χ3n) is 2.85. The number of hydrogen-bond acceptors (Lipinski definition) is 1. The van der Waals surface area contributed by atoms with Crippen molar-refractivity contribution in [1.29, 1.82) is 0 Å². The molecule has 0 radical (unpaired) electrons. The minimum absolute atomic E-state index is 0.363. The van der Waals surface area contributed by atoms with Crippen molar-refractivity contribution in [3.63, 3.8) is 0 Å². The summed E-state index contributed by atoms with van der Waals surface area (Å²) >= 11 is 11.9. The average Bonchev–Trinajstić information content (AvgIpc) is 2.35. The lowest BCUT2D eigenvalue weighted by molar-refractivity contribution is 0.600. The van der Waals surface area contributed by atoms with Gasteiger partial charge < -0.3 is 5.73 Å². The molecule has 0 aliphatic carbocycles. The summed E-state index contributed by atoms with van der Waals surface area (Å²) in [5.74, 6) is -0.372. The molecule has 0 saturated carbocycles. The summed E-state index contributed by atoms with van der Waals surface area (Å²) in [7, 11) is 0. The van der Waals surface area contributed by atoms with E-state index in [-0.39, 0.29) is 5.82 Å². The van der Waals surface area contributed by atoms with Crippen molar-refractivity contribution in [2.75, 3.05) is 0 Å². The monoisotopic (exact) mass is 283 g/mol. The highest BCUT2D eigenvalue weighted by Crippen LogP contribution is 2.27. The first-order chi connectivity index (χ1) is 8.49. The van der Waals surface area contributed by atoms with Gasteiger partial charge in [0.1, 0.15) is 5.82 Å². The normalized spacial score (nSPS) is 12.5. The van der Waals surface area contributed by atoms with Crippen LogP contribution in [-0.2, 0) is 0 Å². The fraction of sp³-hybridized carbons (Fsp3) is 0.143. The lowest BCUT2D eigenvalue weighted by Gasteiger charge is -2.14. The van der Waals surface area contributed by atoms with Crippen LogP contribution in [0.15, 0.2) is 36.4 Å². The second-order valence-corrected chi connectivity index (χ2v) is 5.00. The summed E-state index contributed by atoms with van der Waals surface area (Å²) in [6.07, 6.45) is 0. The topological polar surface area (TPSA) is 26.0 Å². The molecule has 0 amide bonds. The van der Waals surface area contributed by atoms with Crippen LogP contribution in [0.3, 0.4) is 0 Å². The zero-order valence-electron chi connectivity index (χ0n) is 9.75. The van der Waals surface area contributed by atoms with E-state index in [1.54, 1.807) is 6.07 Å². The minimum atomic E-state index is -0.582. The molecular formula is C14H12Cl2FN. The quantitative estimate of drug-likeness (QED) is 0.864. The van der Waals surface area contributed by atoms with Crippen molar-refractivity contribution >= 4 is 23.2 Å². The van der Waals surface area contributed by atoms with Crippen LogP contribution in [0.1, 0.15) is 22.7 Å². The minimum Gasteiger partial charge on any atom is -0.320 e. The molecule has 1 nitrogen and oxygen atoms in total. The molecule has 18 heavy (non-hydrogen) atoms. The van der Waals surface area contributed by atoms with Gasteiger partial charge in [0, 0.05) is 15.6 Å². The van der Waals surface area contributed by atoms with Gasteiger partial charge in [-0.1, -0.05) is 35.3 Å². The Morgan fingerprint density at radius 3 is 2.50 bits per heavy atom. The van der Waals surface area contributed by atoms with Crippen molar-refractivity contribution in [2.24, 2.45) is 5.73 Å². The van der Waals surface area contributed by atoms with Crippen molar-refractivity contribution in [2.45, 2.75) is 13.0 Å². The molecule has 0 heterocycles. The third kappa shape index (κ3) is 2.66. The average molecular weight is 284 g/mol. The molecule has 4 heteroatoms. The predicted octanol–water partition coefficient (Wildman–Crippen LogP) is 4.49. The first kappa shape index (κ1) is 13.3. The molecule has 0 saturated heterocycles. The highest BCUT2D eigenvalue weighted by molar-refractivity contribution is 6.31. The molecule has 0 spiro atoms. The Hall–Kier alpha value is -1.09. The van der Waals surface area contributed by atoms with E-state index in [0.29, 0.717) is 15.6 Å². The summed E-state index contributed by atoms with van der Waals surface area (Å²) < 4.78 is 13.7. The van der Waals surface area contributed by atoms with Crippen LogP contribution < -0.4 is 5.73 Å². The fourth-order valence-corrected chi connectivity index (χ4v) is 2.10. The van der Waals surface area contributed by atoms with Crippen LogP contribution in [-0.4, -0.2) is 0 Å². The van der Waals surface area contributed by atoms with Crippen LogP contribution in [0, 0.1) is 12.7 Å². The lowest BCUT2D eigenvalue weighted by Crippen LogP contribution is -2.13. The number of halogens is 3. The molecule has 1 atom stereocenters. The van der Waals surface area contributed by atoms with Gasteiger partial charge in [-0.25, -0.2) is 4.39 Å². The van der Waals surface area contributed by atoms with Crippen molar-refractivity contribution in [1.82, 2.24) is 0 Å². The summed E-state index contributed by atoms with van der Waals surface area (Å²) in [5.41, 5.74) is 8.12. The van der Waals surface area contributed by atoms with Crippen LogP contribution >= 0.6 is 23.2 Å². The van der Waals surface area contributed by atoms with E-state index in [0.717, 1.165) is 11.1 Å². The SMILES string of the molecule is Cc1ccc(C(N)c2cc(Cl)ccc2F)cc1Cl. The Balaban J connectivity index is 2.44. The van der Waals surface area contributed by atoms with Gasteiger partial charge in [0.15, 0.2) is 0 Å². The molecule has 2 aromatic rings. The van der Waals surface area contributed by atoms with Gasteiger partial charge in [0.05, 0.1) is 6.04 Å². The zero-order chi connectivity index (χ0) is 13.3. The second kappa shape index (κ2) is 5.27. The maximum absolute atomic E-state index is 13.7. The molecule has 0 fully saturated rings. The predicted molar refractivity (Wildman–Crippen MR) is 73.6 cm³/mol. The highest BCUT2D eigenvalue weighted by Gasteiger charge is 2.14. The van der Waals surface area contributed by atoms with Crippen molar-refractivity contribution < 1.29 is 4.39 Å². The molecule has 0 bridgehead atoms. The summed E-state index contributed by atoms with van der Waals surface area (Å²) in [5, 5.41) is 1.07. The Labute approximate surface area is 115 Å². The Bertz CT molecular complexity index is 584. The van der Waals surface area contributed by atoms with E-state index in [9.17, 15) is 4.39 Å². The molecule has 2 aromatic carbocycles. The van der Waals surface area contributed by atoms with Gasteiger partial charge in [0.2, 0.25) is 0 Å². The molecule has 94 valence electrons. The smallest absolute Gasteiger partial charge is 0.128 e. The molecule has 0 aliphatic heterocycles. The molecule has 0 aromatic heterocycles. The van der Waals surface area contributed by atoms with Gasteiger partial charge >= 0.3 is 0 Å². The Morgan fingerprint density at radius 2 is 1.83 bits per heavy atom. The number of aryl methyl sites for hydroxylation is 1. The fourth-order valence-electron chi connectivity index (χ4n) is 1.74. The number of rotatable bonds is 2. The molecular weight excluding hydrogens is 272 g/mol. The molecule has 0 aliphatic rings. The summed E-state index contributed by atoms with van der Waals surface area (Å²) in [6.45, 7) is 1.90. The van der Waals surface area contributed by atoms with E-state index >= 15 is 0 Å². The van der Waals surface area contributed by atoms with E-state index in [4.69, 9.17) is 28.9 Å². The number of benzene rings is 2. The standard InChI is InChI=1S/C14H12Cl2FN/c1-8-2-3-9(6-12(8)16)14(18)11-7-10(15)4-5-13(11)17/h2-7,14H,18H2,1H3. The first-order valence-corrected chi connectivity index (χ1v) is 6.21. The maximum Gasteiger partial charge on any atom is 0.128 e. The van der Waals surface area contributed by atoms with Crippen molar-refractivity contribution in [3.05, 3.63) is 69.0 Å². The summed E-state index contributed by atoms with van der Waals surface area (Å²) in [4.78, 5) is 0. The molecule has 2 N–H and O–H groups in total. The van der Waals surface area contributed by atoms with Gasteiger partial charge in [-0.2, -0.15) is 0 Å². The molecule has 1 unspecified atom stereocenters. The van der Waals surface area contributed by atoms with Gasteiger partial charge in [-0.05, 0) is 42.3 Å². The van der Waals surface area contributed by atoms with Crippen molar-refractivity contribution in [3.8, 4) is 0 Å². The Morgan fingerprint density at radius 1 is 1.11 bits per heavy atom. The maximum atomic E-state index is 13.7. The van der Waals surface area contributed by atoms with E-state index in [2.05, 4.69) is 0 Å². The lowest BCUT2D eigenvalue weighted by atomic mass is 9.98. The van der Waals surface area contributed by atoms with Crippen LogP contribution in [0.5, 0.6) is 0 Å². The van der Waals surface area contributed by atoms with E-state index in [1.807, 2.05) is 19.1 Å². The van der Waals surface area contributed by atoms with Crippen LogP contribution in [0.25, 0.3) is 0 Å². The number of hydrogen-bond donors (Lipinski definition) is 1. The number of nitrogens with two attached hydrogens (primary N) is 1. The first-order valence-electron chi connectivity index (χ1n) is 5.45. The van der Waals surface area contributed by atoms with Gasteiger partial charge in [-0.15, -0.1) is 0 Å². The highest BCUT2D eigenvalue weighted by atomic mass is 35.5. The molecule has 2 rings (SSSR count). The van der Waals surface area contributed by atoms with Gasteiger partial charge in [-0.3, -0.25) is 0 Å². The van der Waals surface area contributed by atoms with E-state index < -0.39 is 6.04 Å². The van der Waals surface area contributed by atoms with E-state index in [1.165, 1.54) is 18.2 Å². The largest absolute Gasteiger partial charge is 0.320 e. The van der Waals surface area contributed by atoms with Crippen LogP contribution in [0.4, 0.5) is 4.39 Å². The Kier molecular flexibility index (Phi) is 3.91. The van der Waals surface area contributed by atoms with Gasteiger partial charge in [0.25, 0.3) is 0 Å². The van der Waals surface area contributed by atoms with Crippen LogP contribution in [0.2, 0.25) is 10.0 Å². The summed E-state index contributed by atoms with van der Waals surface area (Å²) in [6, 6.07) is 9.22. The second-order valence-electron chi connectivity index (χ2n) is 4.15. The third-order valence-corrected chi connectivity index (χ3v) is 3.49.